The zero-order valence-electron chi connectivity index (χ0n) is 18.1. The van der Waals surface area contributed by atoms with Gasteiger partial charge in [-0.2, -0.15) is 0 Å². The number of aromatic nitrogens is 1. The van der Waals surface area contributed by atoms with Crippen LogP contribution in [0.2, 0.25) is 10.0 Å². The van der Waals surface area contributed by atoms with Crippen molar-refractivity contribution in [2.75, 3.05) is 6.54 Å². The maximum absolute atomic E-state index is 13.2. The Morgan fingerprint density at radius 3 is 2.65 bits per heavy atom. The Balaban J connectivity index is 1.57. The number of amides is 1. The Labute approximate surface area is 210 Å². The zero-order valence-corrected chi connectivity index (χ0v) is 20.5. The SMILES string of the molecule is Cc1ccsc1C1/C(=C(/O)c2ccc(Cl)c(Cl)c2)C(=O)C(=O)N1CCc1c[nH]c2ccccc12. The van der Waals surface area contributed by atoms with Crippen molar-refractivity contribution in [3.05, 3.63) is 97.3 Å². The van der Waals surface area contributed by atoms with Gasteiger partial charge in [0.25, 0.3) is 11.7 Å². The number of aryl methyl sites for hydroxylation is 1. The summed E-state index contributed by atoms with van der Waals surface area (Å²) >= 11 is 13.6. The molecule has 4 aromatic rings. The molecule has 2 aromatic carbocycles. The van der Waals surface area contributed by atoms with Gasteiger partial charge in [0.1, 0.15) is 5.76 Å². The number of carbonyl (C=O) groups excluding carboxylic acids is 2. The summed E-state index contributed by atoms with van der Waals surface area (Å²) in [7, 11) is 0. The predicted octanol–water partition coefficient (Wildman–Crippen LogP) is 6.51. The molecule has 1 saturated heterocycles. The van der Waals surface area contributed by atoms with Crippen molar-refractivity contribution in [1.82, 2.24) is 9.88 Å². The standard InChI is InChI=1S/C26H20Cl2N2O3S/c1-14-9-11-34-25(14)22-21(23(31)15-6-7-18(27)19(28)12-15)24(32)26(33)30(22)10-8-16-13-29-20-5-3-2-4-17(16)20/h2-7,9,11-13,22,29,31H,8,10H2,1H3/b23-21-. The van der Waals surface area contributed by atoms with Crippen molar-refractivity contribution >= 4 is 62.9 Å². The van der Waals surface area contributed by atoms with E-state index in [0.717, 1.165) is 26.9 Å². The summed E-state index contributed by atoms with van der Waals surface area (Å²) in [6.45, 7) is 2.26. The van der Waals surface area contributed by atoms with Gasteiger partial charge >= 0.3 is 0 Å². The first-order chi connectivity index (χ1) is 16.4. The van der Waals surface area contributed by atoms with Gasteiger partial charge in [0.05, 0.1) is 21.7 Å². The summed E-state index contributed by atoms with van der Waals surface area (Å²) in [6, 6.07) is 13.9. The Hall–Kier alpha value is -3.06. The van der Waals surface area contributed by atoms with Crippen LogP contribution in [-0.2, 0) is 16.0 Å². The van der Waals surface area contributed by atoms with Crippen LogP contribution in [-0.4, -0.2) is 33.2 Å². The second-order valence-electron chi connectivity index (χ2n) is 8.20. The molecule has 2 N–H and O–H groups in total. The predicted molar refractivity (Wildman–Crippen MR) is 137 cm³/mol. The summed E-state index contributed by atoms with van der Waals surface area (Å²) in [4.78, 5) is 32.1. The van der Waals surface area contributed by atoms with Crippen LogP contribution in [0.1, 0.15) is 27.6 Å². The number of benzene rings is 2. The van der Waals surface area contributed by atoms with Crippen LogP contribution in [0.5, 0.6) is 0 Å². The first-order valence-electron chi connectivity index (χ1n) is 10.7. The lowest BCUT2D eigenvalue weighted by Crippen LogP contribution is -2.31. The number of fused-ring (bicyclic) bond motifs is 1. The van der Waals surface area contributed by atoms with E-state index in [1.165, 1.54) is 17.4 Å². The van der Waals surface area contributed by atoms with Gasteiger partial charge in [-0.05, 0) is 60.2 Å². The van der Waals surface area contributed by atoms with Gasteiger partial charge in [-0.15, -0.1) is 11.3 Å². The summed E-state index contributed by atoms with van der Waals surface area (Å²) in [5.74, 6) is -1.59. The first kappa shape index (κ1) is 22.7. The fourth-order valence-electron chi connectivity index (χ4n) is 4.43. The topological polar surface area (TPSA) is 73.4 Å². The summed E-state index contributed by atoms with van der Waals surface area (Å²) in [6.07, 6.45) is 2.49. The Morgan fingerprint density at radius 1 is 1.12 bits per heavy atom. The lowest BCUT2D eigenvalue weighted by atomic mass is 9.98. The molecule has 1 aliphatic heterocycles. The van der Waals surface area contributed by atoms with Gasteiger partial charge < -0.3 is 15.0 Å². The largest absolute Gasteiger partial charge is 0.507 e. The molecule has 0 saturated carbocycles. The highest BCUT2D eigenvalue weighted by Gasteiger charge is 2.46. The number of carbonyl (C=O) groups is 2. The van der Waals surface area contributed by atoms with E-state index in [1.807, 2.05) is 48.8 Å². The van der Waals surface area contributed by atoms with Crippen LogP contribution in [0.25, 0.3) is 16.7 Å². The van der Waals surface area contributed by atoms with Crippen LogP contribution >= 0.6 is 34.5 Å². The molecular weight excluding hydrogens is 491 g/mol. The number of aliphatic hydroxyl groups excluding tert-OH is 1. The van der Waals surface area contributed by atoms with Crippen molar-refractivity contribution in [3.8, 4) is 0 Å². The van der Waals surface area contributed by atoms with E-state index < -0.39 is 17.7 Å². The number of para-hydroxylation sites is 1. The lowest BCUT2D eigenvalue weighted by Gasteiger charge is -2.25. The van der Waals surface area contributed by atoms with Gasteiger partial charge in [0.2, 0.25) is 0 Å². The van der Waals surface area contributed by atoms with E-state index >= 15 is 0 Å². The molecule has 34 heavy (non-hydrogen) atoms. The molecule has 1 fully saturated rings. The number of hydrogen-bond acceptors (Lipinski definition) is 4. The zero-order chi connectivity index (χ0) is 24.0. The molecule has 0 bridgehead atoms. The quantitative estimate of drug-likeness (QED) is 0.182. The summed E-state index contributed by atoms with van der Waals surface area (Å²) in [5.41, 5.74) is 3.43. The molecule has 0 radical (unpaired) electrons. The molecule has 1 unspecified atom stereocenters. The highest BCUT2D eigenvalue weighted by atomic mass is 35.5. The van der Waals surface area contributed by atoms with Crippen molar-refractivity contribution < 1.29 is 14.7 Å². The minimum Gasteiger partial charge on any atom is -0.507 e. The normalized spacial score (nSPS) is 17.7. The Kier molecular flexibility index (Phi) is 5.98. The van der Waals surface area contributed by atoms with Crippen LogP contribution in [0, 0.1) is 6.92 Å². The van der Waals surface area contributed by atoms with Crippen LogP contribution in [0.3, 0.4) is 0 Å². The molecule has 5 nitrogen and oxygen atoms in total. The van der Waals surface area contributed by atoms with E-state index in [0.29, 0.717) is 23.6 Å². The molecular formula is C26H20Cl2N2O3S. The molecule has 0 aliphatic carbocycles. The number of Topliss-reactive ketones (excluding diaryl/α,β-unsaturated/α-hetero) is 1. The molecule has 5 rings (SSSR count). The maximum Gasteiger partial charge on any atom is 0.295 e. The third-order valence-corrected chi connectivity index (χ3v) is 7.99. The number of halogens is 2. The van der Waals surface area contributed by atoms with E-state index in [9.17, 15) is 14.7 Å². The Morgan fingerprint density at radius 2 is 1.91 bits per heavy atom. The number of ketones is 1. The second-order valence-corrected chi connectivity index (χ2v) is 9.96. The number of H-pyrrole nitrogens is 1. The number of aliphatic hydroxyl groups is 1. The third-order valence-electron chi connectivity index (χ3n) is 6.18. The molecule has 2 aromatic heterocycles. The number of nitrogens with zero attached hydrogens (tertiary/aromatic N) is 1. The molecule has 8 heteroatoms. The van der Waals surface area contributed by atoms with Crippen LogP contribution < -0.4 is 0 Å². The highest BCUT2D eigenvalue weighted by molar-refractivity contribution is 7.10. The average Bonchev–Trinajstić information content (AvgIpc) is 3.51. The monoisotopic (exact) mass is 510 g/mol. The smallest absolute Gasteiger partial charge is 0.295 e. The first-order valence-corrected chi connectivity index (χ1v) is 12.3. The summed E-state index contributed by atoms with van der Waals surface area (Å²) < 4.78 is 0. The van der Waals surface area contributed by atoms with E-state index in [2.05, 4.69) is 4.98 Å². The van der Waals surface area contributed by atoms with Crippen molar-refractivity contribution in [2.45, 2.75) is 19.4 Å². The molecule has 3 heterocycles. The molecule has 1 aliphatic rings. The fourth-order valence-corrected chi connectivity index (χ4v) is 5.77. The number of likely N-dealkylation sites (tertiary alicyclic amines) is 1. The van der Waals surface area contributed by atoms with Gasteiger partial charge in [0.15, 0.2) is 0 Å². The van der Waals surface area contributed by atoms with Gasteiger partial charge in [-0.3, -0.25) is 9.59 Å². The minimum absolute atomic E-state index is 0.0628. The van der Waals surface area contributed by atoms with Crippen LogP contribution in [0.15, 0.2) is 65.7 Å². The van der Waals surface area contributed by atoms with Crippen LogP contribution in [0.4, 0.5) is 0 Å². The van der Waals surface area contributed by atoms with Gasteiger partial charge in [-0.25, -0.2) is 0 Å². The average molecular weight is 511 g/mol. The Bertz CT molecular complexity index is 1470. The molecule has 1 atom stereocenters. The molecule has 0 spiro atoms. The van der Waals surface area contributed by atoms with Crippen molar-refractivity contribution in [2.24, 2.45) is 0 Å². The van der Waals surface area contributed by atoms with Crippen molar-refractivity contribution in [3.63, 3.8) is 0 Å². The third kappa shape index (κ3) is 3.82. The molecule has 172 valence electrons. The lowest BCUT2D eigenvalue weighted by molar-refractivity contribution is -0.139. The maximum atomic E-state index is 13.2. The minimum atomic E-state index is -0.708. The second kappa shape index (κ2) is 8.95. The van der Waals surface area contributed by atoms with Gasteiger partial charge in [0, 0.05) is 34.1 Å². The molecule has 1 amide bonds. The highest BCUT2D eigenvalue weighted by Crippen LogP contribution is 2.43. The number of hydrogen-bond donors (Lipinski definition) is 2. The van der Waals surface area contributed by atoms with E-state index in [-0.39, 0.29) is 16.4 Å². The fraction of sp³-hybridized carbons (Fsp3) is 0.154. The number of nitrogens with one attached hydrogen (secondary N) is 1. The van der Waals surface area contributed by atoms with E-state index in [4.69, 9.17) is 23.2 Å². The number of rotatable bonds is 5. The van der Waals surface area contributed by atoms with Crippen molar-refractivity contribution in [1.29, 1.82) is 0 Å². The van der Waals surface area contributed by atoms with Gasteiger partial charge in [-0.1, -0.05) is 41.4 Å². The number of thiophene rings is 1. The number of aromatic amines is 1. The summed E-state index contributed by atoms with van der Waals surface area (Å²) in [5, 5.41) is 14.8. The van der Waals surface area contributed by atoms with E-state index in [1.54, 1.807) is 17.0 Å².